The van der Waals surface area contributed by atoms with Crippen molar-refractivity contribution < 1.29 is 14.3 Å². The Morgan fingerprint density at radius 2 is 1.86 bits per heavy atom. The molecule has 0 saturated carbocycles. The van der Waals surface area contributed by atoms with E-state index in [0.717, 1.165) is 33.6 Å². The summed E-state index contributed by atoms with van der Waals surface area (Å²) in [7, 11) is 1.35. The Morgan fingerprint density at radius 1 is 1.08 bits per heavy atom. The second kappa shape index (κ2) is 11.5. The molecule has 4 rings (SSSR count). The van der Waals surface area contributed by atoms with Crippen molar-refractivity contribution in [2.24, 2.45) is 0 Å². The number of carbonyl (C=O) groups excluding carboxylic acids is 2. The van der Waals surface area contributed by atoms with Gasteiger partial charge in [-0.05, 0) is 37.5 Å². The van der Waals surface area contributed by atoms with E-state index >= 15 is 0 Å². The van der Waals surface area contributed by atoms with E-state index in [1.807, 2.05) is 67.1 Å². The van der Waals surface area contributed by atoms with Crippen LogP contribution in [0.25, 0.3) is 11.1 Å². The zero-order chi connectivity index (χ0) is 25.7. The smallest absolute Gasteiger partial charge is 0.341 e. The van der Waals surface area contributed by atoms with E-state index in [2.05, 4.69) is 27.6 Å². The number of nitrogens with zero attached hydrogens (tertiary/aromatic N) is 3. The van der Waals surface area contributed by atoms with Gasteiger partial charge in [0.2, 0.25) is 5.91 Å². The number of aryl methyl sites for hydroxylation is 2. The molecule has 0 saturated heterocycles. The van der Waals surface area contributed by atoms with Crippen LogP contribution < -0.4 is 5.32 Å². The normalized spacial score (nSPS) is 10.9. The molecular formula is C27H28N4O3S2. The van der Waals surface area contributed by atoms with Gasteiger partial charge >= 0.3 is 5.97 Å². The molecule has 1 amide bonds. The second-order valence-electron chi connectivity index (χ2n) is 8.31. The van der Waals surface area contributed by atoms with Crippen LogP contribution in [-0.4, -0.2) is 39.5 Å². The van der Waals surface area contributed by atoms with Gasteiger partial charge in [-0.1, -0.05) is 65.9 Å². The van der Waals surface area contributed by atoms with Gasteiger partial charge in [0.1, 0.15) is 16.4 Å². The van der Waals surface area contributed by atoms with Crippen LogP contribution in [0, 0.1) is 13.8 Å². The number of hydrogen-bond acceptors (Lipinski definition) is 7. The summed E-state index contributed by atoms with van der Waals surface area (Å²) in [5, 5.41) is 14.6. The number of thiophene rings is 1. The molecule has 0 aliphatic carbocycles. The van der Waals surface area contributed by atoms with E-state index in [1.165, 1.54) is 30.2 Å². The number of carbonyl (C=O) groups is 2. The van der Waals surface area contributed by atoms with Crippen LogP contribution in [0.1, 0.15) is 39.8 Å². The van der Waals surface area contributed by atoms with Crippen LogP contribution in [0.5, 0.6) is 0 Å². The molecule has 2 aromatic heterocycles. The van der Waals surface area contributed by atoms with Crippen LogP contribution in [0.3, 0.4) is 0 Å². The number of amides is 1. The SMILES string of the molecule is CCn1c(Cc2ccccc2)nnc1SCC(=O)Nc1scc(-c2cc(C)ccc2C)c1C(=O)OC. The van der Waals surface area contributed by atoms with Crippen molar-refractivity contribution >= 4 is 40.0 Å². The van der Waals surface area contributed by atoms with Crippen molar-refractivity contribution in [2.75, 3.05) is 18.2 Å². The minimum absolute atomic E-state index is 0.140. The van der Waals surface area contributed by atoms with Crippen LogP contribution in [0.4, 0.5) is 5.00 Å². The summed E-state index contributed by atoms with van der Waals surface area (Å²) in [6.07, 6.45) is 0.674. The summed E-state index contributed by atoms with van der Waals surface area (Å²) in [5.74, 6) is 0.290. The number of thioether (sulfide) groups is 1. The fourth-order valence-corrected chi connectivity index (χ4v) is 5.71. The predicted octanol–water partition coefficient (Wildman–Crippen LogP) is 5.75. The van der Waals surface area contributed by atoms with E-state index in [1.54, 1.807) is 0 Å². The number of ether oxygens (including phenoxy) is 1. The molecule has 0 unspecified atom stereocenters. The lowest BCUT2D eigenvalue weighted by Crippen LogP contribution is -2.16. The fourth-order valence-electron chi connectivity index (χ4n) is 3.92. The Balaban J connectivity index is 1.49. The maximum atomic E-state index is 12.9. The average molecular weight is 521 g/mol. The van der Waals surface area contributed by atoms with E-state index in [-0.39, 0.29) is 11.7 Å². The number of anilines is 1. The van der Waals surface area contributed by atoms with Crippen LogP contribution >= 0.6 is 23.1 Å². The molecular weight excluding hydrogens is 492 g/mol. The third-order valence-corrected chi connectivity index (χ3v) is 7.63. The zero-order valence-corrected chi connectivity index (χ0v) is 22.3. The fraction of sp³-hybridized carbons (Fsp3) is 0.259. The average Bonchev–Trinajstić information content (AvgIpc) is 3.47. The van der Waals surface area contributed by atoms with Gasteiger partial charge in [-0.3, -0.25) is 4.79 Å². The number of esters is 1. The Kier molecular flexibility index (Phi) is 8.22. The first kappa shape index (κ1) is 25.7. The van der Waals surface area contributed by atoms with Gasteiger partial charge in [0.15, 0.2) is 5.16 Å². The lowest BCUT2D eigenvalue weighted by atomic mass is 9.97. The number of aromatic nitrogens is 3. The van der Waals surface area contributed by atoms with Crippen molar-refractivity contribution in [3.63, 3.8) is 0 Å². The Morgan fingerprint density at radius 3 is 2.58 bits per heavy atom. The lowest BCUT2D eigenvalue weighted by Gasteiger charge is -2.10. The molecule has 0 spiro atoms. The Hall–Kier alpha value is -3.43. The predicted molar refractivity (Wildman–Crippen MR) is 145 cm³/mol. The molecule has 0 fully saturated rings. The van der Waals surface area contributed by atoms with Crippen LogP contribution in [-0.2, 0) is 22.5 Å². The number of nitrogens with one attached hydrogen (secondary N) is 1. The first-order chi connectivity index (χ1) is 17.4. The summed E-state index contributed by atoms with van der Waals surface area (Å²) in [5.41, 5.74) is 5.36. The van der Waals surface area contributed by atoms with Crippen LogP contribution in [0.15, 0.2) is 59.1 Å². The van der Waals surface area contributed by atoms with Gasteiger partial charge in [-0.15, -0.1) is 21.5 Å². The molecule has 0 bridgehead atoms. The molecule has 0 aliphatic rings. The van der Waals surface area contributed by atoms with E-state index in [4.69, 9.17) is 4.74 Å². The standard InChI is InChI=1S/C27H28N4O3S2/c1-5-31-22(14-19-9-7-6-8-10-19)29-30-27(31)36-16-23(32)28-25-24(26(33)34-4)21(15-35-25)20-13-17(2)11-12-18(20)3/h6-13,15H,5,14,16H2,1-4H3,(H,28,32). The minimum atomic E-state index is -0.480. The van der Waals surface area contributed by atoms with Crippen LogP contribution in [0.2, 0.25) is 0 Å². The molecule has 1 N–H and O–H groups in total. The quantitative estimate of drug-likeness (QED) is 0.223. The monoisotopic (exact) mass is 520 g/mol. The summed E-state index contributed by atoms with van der Waals surface area (Å²) >= 11 is 2.64. The summed E-state index contributed by atoms with van der Waals surface area (Å²) in [4.78, 5) is 25.6. The summed E-state index contributed by atoms with van der Waals surface area (Å²) < 4.78 is 7.07. The second-order valence-corrected chi connectivity index (χ2v) is 10.1. The highest BCUT2D eigenvalue weighted by molar-refractivity contribution is 7.99. The molecule has 4 aromatic rings. The Labute approximate surface area is 218 Å². The third kappa shape index (κ3) is 5.68. The number of methoxy groups -OCH3 is 1. The van der Waals surface area contributed by atoms with E-state index in [9.17, 15) is 9.59 Å². The molecule has 0 atom stereocenters. The van der Waals surface area contributed by atoms with Crippen molar-refractivity contribution in [3.8, 4) is 11.1 Å². The first-order valence-electron chi connectivity index (χ1n) is 11.6. The maximum absolute atomic E-state index is 12.9. The molecule has 9 heteroatoms. The molecule has 0 aliphatic heterocycles. The van der Waals surface area contributed by atoms with Gasteiger partial charge in [0.05, 0.1) is 12.9 Å². The maximum Gasteiger partial charge on any atom is 0.341 e. The highest BCUT2D eigenvalue weighted by Crippen LogP contribution is 2.38. The van der Waals surface area contributed by atoms with E-state index in [0.29, 0.717) is 28.7 Å². The van der Waals surface area contributed by atoms with Gasteiger partial charge in [-0.2, -0.15) is 0 Å². The van der Waals surface area contributed by atoms with Crippen molar-refractivity contribution in [1.29, 1.82) is 0 Å². The molecule has 36 heavy (non-hydrogen) atoms. The van der Waals surface area contributed by atoms with Crippen molar-refractivity contribution in [1.82, 2.24) is 14.8 Å². The van der Waals surface area contributed by atoms with Gasteiger partial charge in [0.25, 0.3) is 0 Å². The summed E-state index contributed by atoms with van der Waals surface area (Å²) in [6.45, 7) is 6.74. The topological polar surface area (TPSA) is 86.1 Å². The minimum Gasteiger partial charge on any atom is -0.465 e. The first-order valence-corrected chi connectivity index (χ1v) is 13.4. The van der Waals surface area contributed by atoms with Gasteiger partial charge in [-0.25, -0.2) is 4.79 Å². The molecule has 7 nitrogen and oxygen atoms in total. The number of hydrogen-bond donors (Lipinski definition) is 1. The summed E-state index contributed by atoms with van der Waals surface area (Å²) in [6, 6.07) is 16.2. The highest BCUT2D eigenvalue weighted by Gasteiger charge is 2.23. The van der Waals surface area contributed by atoms with Crippen molar-refractivity contribution in [3.05, 3.63) is 82.0 Å². The molecule has 2 heterocycles. The largest absolute Gasteiger partial charge is 0.465 e. The number of benzene rings is 2. The number of rotatable bonds is 9. The molecule has 186 valence electrons. The third-order valence-electron chi connectivity index (χ3n) is 5.76. The lowest BCUT2D eigenvalue weighted by molar-refractivity contribution is -0.113. The van der Waals surface area contributed by atoms with E-state index < -0.39 is 5.97 Å². The zero-order valence-electron chi connectivity index (χ0n) is 20.7. The molecule has 2 aromatic carbocycles. The molecule has 0 radical (unpaired) electrons. The van der Waals surface area contributed by atoms with Gasteiger partial charge in [0, 0.05) is 23.9 Å². The Bertz CT molecular complexity index is 1380. The highest BCUT2D eigenvalue weighted by atomic mass is 32.2. The van der Waals surface area contributed by atoms with Crippen molar-refractivity contribution in [2.45, 2.75) is 38.9 Å². The van der Waals surface area contributed by atoms with Gasteiger partial charge < -0.3 is 14.6 Å².